The quantitative estimate of drug-likeness (QED) is 0.823. The Morgan fingerprint density at radius 1 is 1.22 bits per heavy atom. The highest BCUT2D eigenvalue weighted by Gasteiger charge is 2.18. The summed E-state index contributed by atoms with van der Waals surface area (Å²) in [5, 5.41) is 10.6. The minimum Gasteiger partial charge on any atom is -0.352 e. The molecule has 0 aromatic heterocycles. The molecule has 0 aliphatic carbocycles. The maximum atomic E-state index is 13.2. The van der Waals surface area contributed by atoms with E-state index >= 15 is 0 Å². The van der Waals surface area contributed by atoms with E-state index in [1.807, 2.05) is 6.07 Å². The fourth-order valence-electron chi connectivity index (χ4n) is 1.38. The molecule has 18 heavy (non-hydrogen) atoms. The van der Waals surface area contributed by atoms with Crippen molar-refractivity contribution in [2.75, 3.05) is 6.54 Å². The second kappa shape index (κ2) is 6.64. The number of unbranched alkanes of at least 4 members (excludes halogenated alkanes) is 2. The molecule has 0 radical (unpaired) electrons. The Hall–Kier alpha value is -2.03. The number of nitrogens with zero attached hydrogens (tertiary/aromatic N) is 1. The first-order chi connectivity index (χ1) is 8.56. The Labute approximate surface area is 102 Å². The molecule has 0 fully saturated rings. The van der Waals surface area contributed by atoms with Gasteiger partial charge in [-0.1, -0.05) is 0 Å². The van der Waals surface area contributed by atoms with Crippen LogP contribution in [0.1, 0.15) is 29.6 Å². The predicted molar refractivity (Wildman–Crippen MR) is 58.1 cm³/mol. The lowest BCUT2D eigenvalue weighted by Crippen LogP contribution is -2.26. The van der Waals surface area contributed by atoms with Gasteiger partial charge in [-0.15, -0.1) is 0 Å². The molecule has 1 rings (SSSR count). The van der Waals surface area contributed by atoms with E-state index in [2.05, 4.69) is 5.32 Å². The van der Waals surface area contributed by atoms with E-state index < -0.39 is 28.9 Å². The van der Waals surface area contributed by atoms with Crippen molar-refractivity contribution in [2.45, 2.75) is 19.3 Å². The highest BCUT2D eigenvalue weighted by molar-refractivity contribution is 5.94. The third-order valence-electron chi connectivity index (χ3n) is 2.23. The van der Waals surface area contributed by atoms with E-state index in [1.165, 1.54) is 0 Å². The molecule has 0 atom stereocenters. The molecule has 1 aromatic rings. The van der Waals surface area contributed by atoms with Crippen LogP contribution in [0.15, 0.2) is 12.1 Å². The number of carbonyl (C=O) groups excluding carboxylic acids is 1. The van der Waals surface area contributed by atoms with Crippen LogP contribution >= 0.6 is 0 Å². The molecule has 0 aliphatic heterocycles. The third kappa shape index (κ3) is 3.77. The van der Waals surface area contributed by atoms with E-state index in [0.717, 1.165) is 0 Å². The summed E-state index contributed by atoms with van der Waals surface area (Å²) in [4.78, 5) is 11.5. The normalized spacial score (nSPS) is 9.89. The minimum absolute atomic E-state index is 0.205. The van der Waals surface area contributed by atoms with Crippen LogP contribution in [-0.2, 0) is 0 Å². The van der Waals surface area contributed by atoms with Crippen molar-refractivity contribution in [2.24, 2.45) is 0 Å². The summed E-state index contributed by atoms with van der Waals surface area (Å²) in [6, 6.07) is 2.84. The van der Waals surface area contributed by atoms with E-state index in [4.69, 9.17) is 5.26 Å². The Kier molecular flexibility index (Phi) is 5.18. The minimum atomic E-state index is -1.23. The molecule has 1 aromatic carbocycles. The largest absolute Gasteiger partial charge is 0.352 e. The van der Waals surface area contributed by atoms with Crippen LogP contribution in [0.3, 0.4) is 0 Å². The molecule has 6 heteroatoms. The van der Waals surface area contributed by atoms with Crippen molar-refractivity contribution in [3.8, 4) is 6.07 Å². The van der Waals surface area contributed by atoms with E-state index in [-0.39, 0.29) is 6.54 Å². The van der Waals surface area contributed by atoms with Gasteiger partial charge in [0.05, 0.1) is 6.07 Å². The Bertz CT molecular complexity index is 460. The first-order valence-electron chi connectivity index (χ1n) is 5.36. The molecular weight excluding hydrogens is 245 g/mol. The number of hydrogen-bond donors (Lipinski definition) is 1. The molecule has 3 nitrogen and oxygen atoms in total. The molecule has 0 heterocycles. The fourth-order valence-corrected chi connectivity index (χ4v) is 1.38. The van der Waals surface area contributed by atoms with Gasteiger partial charge in [0.1, 0.15) is 23.0 Å². The second-order valence-corrected chi connectivity index (χ2v) is 3.62. The fraction of sp³-hybridized carbons (Fsp3) is 0.333. The van der Waals surface area contributed by atoms with Crippen LogP contribution < -0.4 is 5.32 Å². The lowest BCUT2D eigenvalue weighted by Gasteiger charge is -2.06. The van der Waals surface area contributed by atoms with Gasteiger partial charge in [0, 0.05) is 25.1 Å². The van der Waals surface area contributed by atoms with Gasteiger partial charge in [-0.25, -0.2) is 13.2 Å². The maximum absolute atomic E-state index is 13.2. The first-order valence-corrected chi connectivity index (χ1v) is 5.36. The molecule has 0 spiro atoms. The van der Waals surface area contributed by atoms with Crippen molar-refractivity contribution in [3.63, 3.8) is 0 Å². The van der Waals surface area contributed by atoms with Crippen LogP contribution in [0.25, 0.3) is 0 Å². The summed E-state index contributed by atoms with van der Waals surface area (Å²) in [5.74, 6) is -4.47. The lowest BCUT2D eigenvalue weighted by molar-refractivity contribution is 0.0944. The predicted octanol–water partition coefficient (Wildman–Crippen LogP) is 2.53. The topological polar surface area (TPSA) is 52.9 Å². The highest BCUT2D eigenvalue weighted by Crippen LogP contribution is 2.14. The van der Waals surface area contributed by atoms with Gasteiger partial charge in [-0.05, 0) is 12.8 Å². The zero-order valence-corrected chi connectivity index (χ0v) is 9.47. The molecule has 1 amide bonds. The van der Waals surface area contributed by atoms with E-state index in [0.29, 0.717) is 31.4 Å². The van der Waals surface area contributed by atoms with Crippen LogP contribution in [-0.4, -0.2) is 12.5 Å². The van der Waals surface area contributed by atoms with Crippen molar-refractivity contribution in [3.05, 3.63) is 35.1 Å². The molecule has 96 valence electrons. The molecule has 0 saturated carbocycles. The van der Waals surface area contributed by atoms with Gasteiger partial charge in [0.25, 0.3) is 5.91 Å². The number of hydrogen-bond acceptors (Lipinski definition) is 2. The lowest BCUT2D eigenvalue weighted by atomic mass is 10.1. The standard InChI is InChI=1S/C12H11F3N2O/c13-8-6-9(14)11(10(15)7-8)12(18)17-5-3-1-2-4-16/h6-7H,1-3,5H2,(H,17,18). The number of amides is 1. The molecule has 0 aliphatic rings. The average molecular weight is 256 g/mol. The summed E-state index contributed by atoms with van der Waals surface area (Å²) >= 11 is 0. The Morgan fingerprint density at radius 2 is 1.83 bits per heavy atom. The van der Waals surface area contributed by atoms with Crippen molar-refractivity contribution in [1.29, 1.82) is 5.26 Å². The van der Waals surface area contributed by atoms with E-state index in [1.54, 1.807) is 0 Å². The molecule has 1 N–H and O–H groups in total. The van der Waals surface area contributed by atoms with Gasteiger partial charge in [0.15, 0.2) is 0 Å². The smallest absolute Gasteiger partial charge is 0.257 e. The number of rotatable bonds is 5. The summed E-state index contributed by atoms with van der Waals surface area (Å²) in [5.41, 5.74) is -0.795. The first kappa shape index (κ1) is 14.0. The Morgan fingerprint density at radius 3 is 2.39 bits per heavy atom. The summed E-state index contributed by atoms with van der Waals surface area (Å²) in [6.45, 7) is 0.205. The SMILES string of the molecule is N#CCCCCNC(=O)c1c(F)cc(F)cc1F. The maximum Gasteiger partial charge on any atom is 0.257 e. The van der Waals surface area contributed by atoms with Crippen molar-refractivity contribution >= 4 is 5.91 Å². The summed E-state index contributed by atoms with van der Waals surface area (Å²) < 4.78 is 39.0. The molecule has 0 unspecified atom stereocenters. The van der Waals surface area contributed by atoms with Crippen LogP contribution in [0.5, 0.6) is 0 Å². The Balaban J connectivity index is 2.60. The molecule has 0 saturated heterocycles. The van der Waals surface area contributed by atoms with E-state index in [9.17, 15) is 18.0 Å². The molecule has 0 bridgehead atoms. The number of nitrogens with one attached hydrogen (secondary N) is 1. The summed E-state index contributed by atoms with van der Waals surface area (Å²) in [6.07, 6.45) is 1.48. The second-order valence-electron chi connectivity index (χ2n) is 3.62. The number of carbonyl (C=O) groups is 1. The van der Waals surface area contributed by atoms with Gasteiger partial charge >= 0.3 is 0 Å². The third-order valence-corrected chi connectivity index (χ3v) is 2.23. The van der Waals surface area contributed by atoms with Crippen LogP contribution in [0.4, 0.5) is 13.2 Å². The van der Waals surface area contributed by atoms with Crippen molar-refractivity contribution in [1.82, 2.24) is 5.32 Å². The zero-order chi connectivity index (χ0) is 13.5. The number of halogens is 3. The monoisotopic (exact) mass is 256 g/mol. The van der Waals surface area contributed by atoms with Gasteiger partial charge in [-0.2, -0.15) is 5.26 Å². The van der Waals surface area contributed by atoms with Crippen molar-refractivity contribution < 1.29 is 18.0 Å². The number of benzene rings is 1. The highest BCUT2D eigenvalue weighted by atomic mass is 19.1. The molecular formula is C12H11F3N2O. The van der Waals surface area contributed by atoms with Gasteiger partial charge in [0.2, 0.25) is 0 Å². The average Bonchev–Trinajstić information content (AvgIpc) is 2.27. The van der Waals surface area contributed by atoms with Gasteiger partial charge < -0.3 is 5.32 Å². The van der Waals surface area contributed by atoms with Crippen LogP contribution in [0, 0.1) is 28.8 Å². The summed E-state index contributed by atoms with van der Waals surface area (Å²) in [7, 11) is 0. The number of nitriles is 1. The zero-order valence-electron chi connectivity index (χ0n) is 9.47. The van der Waals surface area contributed by atoms with Crippen LogP contribution in [0.2, 0.25) is 0 Å². The van der Waals surface area contributed by atoms with Gasteiger partial charge in [-0.3, -0.25) is 4.79 Å².